The van der Waals surface area contributed by atoms with E-state index >= 15 is 0 Å². The Balaban J connectivity index is 1.47. The van der Waals surface area contributed by atoms with Crippen LogP contribution in [0.25, 0.3) is 0 Å². The van der Waals surface area contributed by atoms with Gasteiger partial charge in [-0.3, -0.25) is 9.78 Å². The van der Waals surface area contributed by atoms with E-state index in [1.165, 1.54) is 24.8 Å². The van der Waals surface area contributed by atoms with Crippen LogP contribution >= 0.6 is 0 Å². The largest absolute Gasteiger partial charge is 0.461 e. The summed E-state index contributed by atoms with van der Waals surface area (Å²) in [4.78, 5) is 16.6. The van der Waals surface area contributed by atoms with Crippen LogP contribution in [0.5, 0.6) is 0 Å². The summed E-state index contributed by atoms with van der Waals surface area (Å²) >= 11 is 0. The monoisotopic (exact) mass is 341 g/mol. The molecule has 1 aromatic rings. The first-order valence-corrected chi connectivity index (χ1v) is 9.70. The van der Waals surface area contributed by atoms with Gasteiger partial charge in [0.1, 0.15) is 18.6 Å². The average Bonchev–Trinajstić information content (AvgIpc) is 2.88. The smallest absolute Gasteiger partial charge is 0.315 e. The molecule has 5 atom stereocenters. The molecule has 1 aliphatic heterocycles. The van der Waals surface area contributed by atoms with Crippen molar-refractivity contribution in [3.8, 4) is 0 Å². The van der Waals surface area contributed by atoms with E-state index in [0.29, 0.717) is 5.92 Å². The van der Waals surface area contributed by atoms with E-state index in [9.17, 15) is 4.79 Å². The molecule has 4 nitrogen and oxygen atoms in total. The van der Waals surface area contributed by atoms with E-state index in [4.69, 9.17) is 4.74 Å². The Hall–Kier alpha value is -1.68. The highest BCUT2D eigenvalue weighted by Gasteiger charge is 2.52. The predicted octanol–water partition coefficient (Wildman–Crippen LogP) is 2.46. The van der Waals surface area contributed by atoms with Gasteiger partial charge in [-0.2, -0.15) is 0 Å². The first-order chi connectivity index (χ1) is 12.1. The molecule has 0 amide bonds. The number of hydrogen-bond acceptors (Lipinski definition) is 3. The number of aromatic nitrogens is 1. The van der Waals surface area contributed by atoms with Crippen molar-refractivity contribution in [3.63, 3.8) is 0 Å². The molecule has 0 bridgehead atoms. The molecule has 2 N–H and O–H groups in total. The van der Waals surface area contributed by atoms with Crippen molar-refractivity contribution in [2.24, 2.45) is 23.2 Å². The summed E-state index contributed by atoms with van der Waals surface area (Å²) in [5, 5.41) is 2.22. The molecule has 3 aliphatic rings. The van der Waals surface area contributed by atoms with Crippen molar-refractivity contribution in [2.45, 2.75) is 52.2 Å². The number of esters is 1. The van der Waals surface area contributed by atoms with Crippen LogP contribution in [0.4, 0.5) is 0 Å². The number of pyridine rings is 1. The summed E-state index contributed by atoms with van der Waals surface area (Å²) in [6, 6.07) is 4.04. The van der Waals surface area contributed by atoms with E-state index in [1.807, 2.05) is 12.3 Å². The highest BCUT2D eigenvalue weighted by molar-refractivity contribution is 5.76. The molecule has 2 fully saturated rings. The topological polar surface area (TPSA) is 55.8 Å². The number of ether oxygens (including phenoxy) is 1. The maximum atomic E-state index is 12.5. The molecule has 0 unspecified atom stereocenters. The van der Waals surface area contributed by atoms with Crippen LogP contribution in [0.15, 0.2) is 36.2 Å². The van der Waals surface area contributed by atoms with Gasteiger partial charge >= 0.3 is 5.97 Å². The normalized spacial score (nSPS) is 37.0. The third kappa shape index (κ3) is 3.12. The van der Waals surface area contributed by atoms with Crippen molar-refractivity contribution in [2.75, 3.05) is 6.54 Å². The van der Waals surface area contributed by atoms with Crippen molar-refractivity contribution in [1.82, 2.24) is 4.98 Å². The lowest BCUT2D eigenvalue weighted by Crippen LogP contribution is -2.84. The SMILES string of the molecule is C[C@H]1CCC[C@]2(C)C[C@H]3OC(=O)[C@@H](C[NH2+]Cc4cccnc4)[C@H]3C=C12. The highest BCUT2D eigenvalue weighted by Crippen LogP contribution is 2.53. The fourth-order valence-corrected chi connectivity index (χ4v) is 5.26. The van der Waals surface area contributed by atoms with Gasteiger partial charge in [0.2, 0.25) is 0 Å². The molecule has 2 aliphatic carbocycles. The van der Waals surface area contributed by atoms with Gasteiger partial charge in [0, 0.05) is 23.9 Å². The molecular weight excluding hydrogens is 312 g/mol. The van der Waals surface area contributed by atoms with E-state index in [-0.39, 0.29) is 29.3 Å². The number of allylic oxidation sites excluding steroid dienone is 1. The Morgan fingerprint density at radius 2 is 2.32 bits per heavy atom. The lowest BCUT2D eigenvalue weighted by Gasteiger charge is -2.45. The van der Waals surface area contributed by atoms with Crippen LogP contribution < -0.4 is 5.32 Å². The van der Waals surface area contributed by atoms with Gasteiger partial charge in [0.25, 0.3) is 0 Å². The Morgan fingerprint density at radius 1 is 1.44 bits per heavy atom. The zero-order chi connectivity index (χ0) is 17.4. The summed E-state index contributed by atoms with van der Waals surface area (Å²) in [7, 11) is 0. The molecule has 1 aromatic heterocycles. The van der Waals surface area contributed by atoms with Gasteiger partial charge in [-0.05, 0) is 36.7 Å². The van der Waals surface area contributed by atoms with Gasteiger partial charge in [-0.25, -0.2) is 0 Å². The molecule has 0 radical (unpaired) electrons. The predicted molar refractivity (Wildman–Crippen MR) is 95.4 cm³/mol. The molecule has 134 valence electrons. The molecule has 4 rings (SSSR count). The summed E-state index contributed by atoms with van der Waals surface area (Å²) < 4.78 is 5.81. The van der Waals surface area contributed by atoms with Gasteiger partial charge in [-0.1, -0.05) is 38.0 Å². The molecule has 1 saturated heterocycles. The fraction of sp³-hybridized carbons (Fsp3) is 0.619. The summed E-state index contributed by atoms with van der Waals surface area (Å²) in [6.07, 6.45) is 11.0. The van der Waals surface area contributed by atoms with Crippen LogP contribution in [0, 0.1) is 23.2 Å². The molecule has 25 heavy (non-hydrogen) atoms. The van der Waals surface area contributed by atoms with Crippen molar-refractivity contribution < 1.29 is 14.8 Å². The summed E-state index contributed by atoms with van der Waals surface area (Å²) in [5.74, 6) is 0.911. The minimum Gasteiger partial charge on any atom is -0.461 e. The number of fused-ring (bicyclic) bond motifs is 2. The summed E-state index contributed by atoms with van der Waals surface area (Å²) in [6.45, 7) is 6.38. The van der Waals surface area contributed by atoms with Crippen LogP contribution in [-0.2, 0) is 16.1 Å². The Bertz CT molecular complexity index is 672. The molecule has 1 saturated carbocycles. The van der Waals surface area contributed by atoms with Crippen LogP contribution in [0.2, 0.25) is 0 Å². The molecule has 0 aromatic carbocycles. The average molecular weight is 341 g/mol. The maximum Gasteiger partial charge on any atom is 0.315 e. The van der Waals surface area contributed by atoms with Crippen LogP contribution in [0.3, 0.4) is 0 Å². The van der Waals surface area contributed by atoms with Gasteiger partial charge < -0.3 is 10.1 Å². The molecule has 2 heterocycles. The zero-order valence-electron chi connectivity index (χ0n) is 15.3. The number of carbonyl (C=O) groups is 1. The Labute approximate surface area is 150 Å². The Kier molecular flexibility index (Phi) is 4.40. The van der Waals surface area contributed by atoms with Gasteiger partial charge in [0.05, 0.1) is 6.54 Å². The standard InChI is InChI=1S/C21H28N2O2/c1-14-5-3-7-21(2)10-19-16(9-18(14)21)17(20(24)25-19)13-23-12-15-6-4-8-22-11-15/h4,6,8-9,11,14,16-17,19,23H,3,5,7,10,12-13H2,1-2H3/p+1/t14-,16+,17-,19+,21+/m0/s1. The number of nitrogens with zero attached hydrogens (tertiary/aromatic N) is 1. The van der Waals surface area contributed by atoms with Crippen molar-refractivity contribution in [3.05, 3.63) is 41.7 Å². The summed E-state index contributed by atoms with van der Waals surface area (Å²) in [5.41, 5.74) is 3.03. The second-order valence-corrected chi connectivity index (χ2v) is 8.43. The number of quaternary nitrogens is 1. The Morgan fingerprint density at radius 3 is 3.12 bits per heavy atom. The van der Waals surface area contributed by atoms with Gasteiger partial charge in [-0.15, -0.1) is 0 Å². The molecular formula is C21H29N2O2+. The number of carbonyl (C=O) groups excluding carboxylic acids is 1. The molecule has 0 spiro atoms. The first kappa shape index (κ1) is 16.8. The lowest BCUT2D eigenvalue weighted by molar-refractivity contribution is -0.674. The second-order valence-electron chi connectivity index (χ2n) is 8.43. The minimum absolute atomic E-state index is 0.00388. The number of rotatable bonds is 4. The van der Waals surface area contributed by atoms with Crippen LogP contribution in [-0.4, -0.2) is 23.6 Å². The maximum absolute atomic E-state index is 12.5. The van der Waals surface area contributed by atoms with Crippen molar-refractivity contribution in [1.29, 1.82) is 0 Å². The van der Waals surface area contributed by atoms with Crippen LogP contribution in [0.1, 0.15) is 45.1 Å². The zero-order valence-corrected chi connectivity index (χ0v) is 15.3. The van der Waals surface area contributed by atoms with E-state index in [0.717, 1.165) is 19.5 Å². The number of nitrogens with two attached hydrogens (primary N) is 1. The molecule has 4 heteroatoms. The lowest BCUT2D eigenvalue weighted by atomic mass is 9.59. The quantitative estimate of drug-likeness (QED) is 0.676. The van der Waals surface area contributed by atoms with Crippen molar-refractivity contribution >= 4 is 5.97 Å². The van der Waals surface area contributed by atoms with E-state index in [2.05, 4.69) is 36.3 Å². The van der Waals surface area contributed by atoms with Gasteiger partial charge in [0.15, 0.2) is 0 Å². The number of hydrogen-bond donors (Lipinski definition) is 1. The fourth-order valence-electron chi connectivity index (χ4n) is 5.26. The van der Waals surface area contributed by atoms with E-state index < -0.39 is 0 Å². The first-order valence-electron chi connectivity index (χ1n) is 9.70. The van der Waals surface area contributed by atoms with E-state index in [1.54, 1.807) is 11.8 Å². The minimum atomic E-state index is -0.00662. The second kappa shape index (κ2) is 6.56. The highest BCUT2D eigenvalue weighted by atomic mass is 16.6. The third-order valence-electron chi connectivity index (χ3n) is 6.60. The third-order valence-corrected chi connectivity index (χ3v) is 6.60.